The van der Waals surface area contributed by atoms with E-state index in [4.69, 9.17) is 14.8 Å². The van der Waals surface area contributed by atoms with Crippen LogP contribution in [0.4, 0.5) is 5.82 Å². The summed E-state index contributed by atoms with van der Waals surface area (Å²) in [6.07, 6.45) is 5.28. The topological polar surface area (TPSA) is 78.2 Å². The lowest BCUT2D eigenvalue weighted by molar-refractivity contribution is -0.131. The molecule has 0 bridgehead atoms. The highest BCUT2D eigenvalue weighted by atomic mass is 16.5. The third kappa shape index (κ3) is 5.50. The van der Waals surface area contributed by atoms with E-state index in [9.17, 15) is 4.79 Å². The second-order valence-corrected chi connectivity index (χ2v) is 12.1. The molecule has 9 nitrogen and oxygen atoms in total. The number of nitrogens with zero attached hydrogens (tertiary/aromatic N) is 6. The van der Waals surface area contributed by atoms with E-state index >= 15 is 0 Å². The second kappa shape index (κ2) is 11.8. The van der Waals surface area contributed by atoms with Crippen LogP contribution < -0.4 is 10.1 Å². The molecule has 2 unspecified atom stereocenters. The van der Waals surface area contributed by atoms with Gasteiger partial charge in [-0.3, -0.25) is 9.69 Å². The Labute approximate surface area is 248 Å². The van der Waals surface area contributed by atoms with E-state index < -0.39 is 0 Å². The average molecular weight is 568 g/mol. The molecule has 7 rings (SSSR count). The molecule has 0 radical (unpaired) electrons. The number of ether oxygens (including phenoxy) is 1. The first-order valence-corrected chi connectivity index (χ1v) is 15.5. The summed E-state index contributed by atoms with van der Waals surface area (Å²) in [5, 5.41) is 8.87. The van der Waals surface area contributed by atoms with Crippen LogP contribution in [-0.2, 0) is 24.2 Å². The Bertz CT molecular complexity index is 1420. The van der Waals surface area contributed by atoms with E-state index in [1.165, 1.54) is 22.4 Å². The summed E-state index contributed by atoms with van der Waals surface area (Å²) in [5.74, 6) is 3.60. The summed E-state index contributed by atoms with van der Waals surface area (Å²) in [5.41, 5.74) is 5.00. The van der Waals surface area contributed by atoms with Crippen LogP contribution >= 0.6 is 0 Å². The highest BCUT2D eigenvalue weighted by molar-refractivity contribution is 5.96. The van der Waals surface area contributed by atoms with Gasteiger partial charge in [-0.15, -0.1) is 0 Å². The van der Waals surface area contributed by atoms with Gasteiger partial charge in [0.25, 0.3) is 0 Å². The van der Waals surface area contributed by atoms with Gasteiger partial charge < -0.3 is 19.9 Å². The van der Waals surface area contributed by atoms with Crippen molar-refractivity contribution in [2.24, 2.45) is 10.9 Å². The predicted molar refractivity (Wildman–Crippen MR) is 164 cm³/mol. The van der Waals surface area contributed by atoms with Gasteiger partial charge in [0.1, 0.15) is 11.6 Å². The Balaban J connectivity index is 1.12. The SMILES string of the molecule is COc1ccc(CC2CCc3nn(Cc4ccccc4)c4c3C2N=C(N2CCN(CC(=O)N3CCCC3)CC2)N4)cc1. The summed E-state index contributed by atoms with van der Waals surface area (Å²) in [6, 6.07) is 19.1. The molecule has 3 aromatic rings. The minimum atomic E-state index is 0.0707. The molecular formula is C33H41N7O2. The van der Waals surface area contributed by atoms with E-state index in [1.807, 2.05) is 4.90 Å². The van der Waals surface area contributed by atoms with Crippen molar-refractivity contribution < 1.29 is 9.53 Å². The summed E-state index contributed by atoms with van der Waals surface area (Å²) in [7, 11) is 1.71. The van der Waals surface area contributed by atoms with Crippen LogP contribution in [0.15, 0.2) is 59.6 Å². The van der Waals surface area contributed by atoms with Crippen LogP contribution in [0.3, 0.4) is 0 Å². The van der Waals surface area contributed by atoms with Crippen molar-refractivity contribution in [3.05, 3.63) is 77.0 Å². The smallest absolute Gasteiger partial charge is 0.236 e. The quantitative estimate of drug-likeness (QED) is 0.468. The van der Waals surface area contributed by atoms with Crippen LogP contribution in [-0.4, -0.2) is 89.3 Å². The lowest BCUT2D eigenvalue weighted by Crippen LogP contribution is -2.53. The molecule has 4 heterocycles. The van der Waals surface area contributed by atoms with Gasteiger partial charge in [-0.25, -0.2) is 9.67 Å². The van der Waals surface area contributed by atoms with E-state index in [0.717, 1.165) is 95.4 Å². The van der Waals surface area contributed by atoms with Crippen LogP contribution in [0, 0.1) is 5.92 Å². The number of carbonyl (C=O) groups excluding carboxylic acids is 1. The number of aromatic nitrogens is 2. The van der Waals surface area contributed by atoms with Crippen molar-refractivity contribution >= 4 is 17.7 Å². The molecule has 220 valence electrons. The molecule has 4 aliphatic rings. The monoisotopic (exact) mass is 567 g/mol. The van der Waals surface area contributed by atoms with Crippen LogP contribution in [0.2, 0.25) is 0 Å². The number of likely N-dealkylation sites (tertiary alicyclic amines) is 1. The van der Waals surface area contributed by atoms with Crippen molar-refractivity contribution in [2.75, 3.05) is 58.2 Å². The summed E-state index contributed by atoms with van der Waals surface area (Å²) < 4.78 is 7.54. The Morgan fingerprint density at radius 3 is 2.45 bits per heavy atom. The van der Waals surface area contributed by atoms with Crippen molar-refractivity contribution in [1.29, 1.82) is 0 Å². The number of benzene rings is 2. The first-order chi connectivity index (χ1) is 20.6. The maximum Gasteiger partial charge on any atom is 0.236 e. The van der Waals surface area contributed by atoms with Gasteiger partial charge in [0.05, 0.1) is 31.9 Å². The zero-order chi connectivity index (χ0) is 28.5. The highest BCUT2D eigenvalue weighted by Crippen LogP contribution is 2.45. The average Bonchev–Trinajstić information content (AvgIpc) is 3.69. The van der Waals surface area contributed by atoms with Crippen molar-refractivity contribution in [1.82, 2.24) is 24.5 Å². The molecule has 2 aromatic carbocycles. The molecule has 2 fully saturated rings. The van der Waals surface area contributed by atoms with Crippen LogP contribution in [0.5, 0.6) is 5.75 Å². The third-order valence-electron chi connectivity index (χ3n) is 9.37. The zero-order valence-electron chi connectivity index (χ0n) is 24.5. The number of rotatable bonds is 7. The van der Waals surface area contributed by atoms with E-state index in [2.05, 4.69) is 74.4 Å². The van der Waals surface area contributed by atoms with Crippen LogP contribution in [0.1, 0.15) is 47.7 Å². The van der Waals surface area contributed by atoms with Gasteiger partial charge in [-0.1, -0.05) is 42.5 Å². The molecular weight excluding hydrogens is 526 g/mol. The van der Waals surface area contributed by atoms with E-state index in [0.29, 0.717) is 12.5 Å². The van der Waals surface area contributed by atoms with Gasteiger partial charge in [0, 0.05) is 44.8 Å². The number of anilines is 1. The molecule has 0 saturated carbocycles. The highest BCUT2D eigenvalue weighted by Gasteiger charge is 2.39. The van der Waals surface area contributed by atoms with Crippen LogP contribution in [0.25, 0.3) is 0 Å². The lowest BCUT2D eigenvalue weighted by Gasteiger charge is -2.40. The van der Waals surface area contributed by atoms with Crippen molar-refractivity contribution in [3.63, 3.8) is 0 Å². The van der Waals surface area contributed by atoms with Gasteiger partial charge in [-0.05, 0) is 61.3 Å². The van der Waals surface area contributed by atoms with Gasteiger partial charge in [0.2, 0.25) is 5.91 Å². The number of methoxy groups -OCH3 is 1. The summed E-state index contributed by atoms with van der Waals surface area (Å²) in [6.45, 7) is 6.51. The van der Waals surface area contributed by atoms with E-state index in [-0.39, 0.29) is 11.9 Å². The van der Waals surface area contributed by atoms with Gasteiger partial charge >= 0.3 is 0 Å². The Hall–Kier alpha value is -3.85. The number of carbonyl (C=O) groups is 1. The molecule has 1 N–H and O–H groups in total. The molecule has 9 heteroatoms. The molecule has 3 aliphatic heterocycles. The number of aryl methyl sites for hydroxylation is 1. The second-order valence-electron chi connectivity index (χ2n) is 12.1. The fraction of sp³-hybridized carbons (Fsp3) is 0.485. The normalized spacial score (nSPS) is 22.0. The van der Waals surface area contributed by atoms with Gasteiger partial charge in [-0.2, -0.15) is 5.10 Å². The number of amides is 1. The zero-order valence-corrected chi connectivity index (χ0v) is 24.5. The number of hydrogen-bond acceptors (Lipinski definition) is 7. The number of guanidine groups is 1. The molecule has 2 saturated heterocycles. The largest absolute Gasteiger partial charge is 0.497 e. The number of hydrogen-bond donors (Lipinski definition) is 1. The van der Waals surface area contributed by atoms with Crippen molar-refractivity contribution in [2.45, 2.75) is 44.7 Å². The molecule has 1 amide bonds. The predicted octanol–water partition coefficient (Wildman–Crippen LogP) is 3.81. The van der Waals surface area contributed by atoms with Crippen molar-refractivity contribution in [3.8, 4) is 5.75 Å². The fourth-order valence-corrected chi connectivity index (χ4v) is 6.99. The first-order valence-electron chi connectivity index (χ1n) is 15.5. The molecule has 0 spiro atoms. The molecule has 1 aromatic heterocycles. The summed E-state index contributed by atoms with van der Waals surface area (Å²) in [4.78, 5) is 24.9. The Morgan fingerprint density at radius 1 is 0.952 bits per heavy atom. The maximum atomic E-state index is 12.8. The minimum absolute atomic E-state index is 0.0707. The summed E-state index contributed by atoms with van der Waals surface area (Å²) >= 11 is 0. The third-order valence-corrected chi connectivity index (χ3v) is 9.37. The molecule has 42 heavy (non-hydrogen) atoms. The molecule has 1 aliphatic carbocycles. The number of piperazine rings is 1. The molecule has 2 atom stereocenters. The Kier molecular flexibility index (Phi) is 7.59. The first kappa shape index (κ1) is 27.0. The lowest BCUT2D eigenvalue weighted by atomic mass is 9.79. The number of nitrogens with one attached hydrogen (secondary N) is 1. The maximum absolute atomic E-state index is 12.8. The van der Waals surface area contributed by atoms with E-state index in [1.54, 1.807) is 7.11 Å². The standard InChI is InChI=1S/C33H41N7O2/c1-42-27-12-9-24(10-13-27)21-26-11-14-28-30-31(26)34-33(35-32(30)40(36-28)22-25-7-3-2-4-8-25)39-19-17-37(18-20-39)23-29(41)38-15-5-6-16-38/h2-4,7-10,12-13,26,31H,5-6,11,14-23H2,1H3,(H,34,35). The minimum Gasteiger partial charge on any atom is -0.497 e. The van der Waals surface area contributed by atoms with Gasteiger partial charge in [0.15, 0.2) is 5.96 Å². The number of aliphatic imine (C=N–C) groups is 1. The fourth-order valence-electron chi connectivity index (χ4n) is 6.99. The Morgan fingerprint density at radius 2 is 1.71 bits per heavy atom.